The van der Waals surface area contributed by atoms with Crippen LogP contribution in [0.1, 0.15) is 21.5 Å². The van der Waals surface area contributed by atoms with Crippen LogP contribution in [-0.4, -0.2) is 24.2 Å². The molecule has 0 saturated heterocycles. The highest BCUT2D eigenvalue weighted by Crippen LogP contribution is 2.19. The van der Waals surface area contributed by atoms with E-state index in [0.29, 0.717) is 24.5 Å². The van der Waals surface area contributed by atoms with Gasteiger partial charge in [0.25, 0.3) is 5.91 Å². The van der Waals surface area contributed by atoms with Crippen LogP contribution in [0.3, 0.4) is 0 Å². The number of benzene rings is 3. The Kier molecular flexibility index (Phi) is 7.40. The van der Waals surface area contributed by atoms with E-state index in [1.807, 2.05) is 68.4 Å². The minimum atomic E-state index is -0.336. The number of rotatable bonds is 7. The molecular weight excluding hydrogens is 396 g/mol. The molecule has 0 unspecified atom stereocenters. The predicted molar refractivity (Wildman–Crippen MR) is 123 cm³/mol. The summed E-state index contributed by atoms with van der Waals surface area (Å²) in [4.78, 5) is 12.7. The lowest BCUT2D eigenvalue weighted by atomic mass is 10.1. The molecule has 0 aromatic heterocycles. The third-order valence-electron chi connectivity index (χ3n) is 4.34. The lowest BCUT2D eigenvalue weighted by molar-refractivity contribution is 0.0972. The second-order valence-corrected chi connectivity index (χ2v) is 7.14. The summed E-state index contributed by atoms with van der Waals surface area (Å²) in [5.41, 5.74) is 3.47. The van der Waals surface area contributed by atoms with Gasteiger partial charge in [0.2, 0.25) is 0 Å². The first kappa shape index (κ1) is 21.3. The molecule has 0 saturated carbocycles. The van der Waals surface area contributed by atoms with Crippen molar-refractivity contribution in [2.45, 2.75) is 13.8 Å². The summed E-state index contributed by atoms with van der Waals surface area (Å²) in [7, 11) is 0. The van der Waals surface area contributed by atoms with Gasteiger partial charge in [-0.15, -0.1) is 0 Å². The molecule has 0 heterocycles. The Morgan fingerprint density at radius 2 is 1.60 bits per heavy atom. The molecule has 0 aliphatic heterocycles. The number of carbonyl (C=O) groups excluding carboxylic acids is 1. The summed E-state index contributed by atoms with van der Waals surface area (Å²) in [6.45, 7) is 4.69. The SMILES string of the molecule is Cc1ccc(NC(=S)NC(=O)c2ccccc2OCCOc2ccccc2)c(C)c1. The van der Waals surface area contributed by atoms with E-state index in [-0.39, 0.29) is 11.0 Å². The Bertz CT molecular complexity index is 1020. The number of aryl methyl sites for hydroxylation is 2. The van der Waals surface area contributed by atoms with Gasteiger partial charge in [0.05, 0.1) is 5.56 Å². The first-order valence-corrected chi connectivity index (χ1v) is 10.0. The van der Waals surface area contributed by atoms with E-state index in [2.05, 4.69) is 10.6 Å². The third kappa shape index (κ3) is 6.06. The van der Waals surface area contributed by atoms with Crippen LogP contribution in [0, 0.1) is 13.8 Å². The van der Waals surface area contributed by atoms with Gasteiger partial charge in [-0.25, -0.2) is 0 Å². The molecule has 6 heteroatoms. The molecule has 0 spiro atoms. The number of ether oxygens (including phenoxy) is 2. The first-order chi connectivity index (χ1) is 14.5. The molecule has 3 aromatic rings. The van der Waals surface area contributed by atoms with Crippen molar-refractivity contribution in [2.24, 2.45) is 0 Å². The quantitative estimate of drug-likeness (QED) is 0.421. The Morgan fingerprint density at radius 1 is 0.900 bits per heavy atom. The average molecular weight is 421 g/mol. The summed E-state index contributed by atoms with van der Waals surface area (Å²) < 4.78 is 11.4. The van der Waals surface area contributed by atoms with E-state index in [0.717, 1.165) is 22.6 Å². The molecular formula is C24H24N2O3S. The fourth-order valence-corrected chi connectivity index (χ4v) is 3.09. The van der Waals surface area contributed by atoms with Crippen molar-refractivity contribution in [2.75, 3.05) is 18.5 Å². The molecule has 154 valence electrons. The number of thiocarbonyl (C=S) groups is 1. The fraction of sp³-hybridized carbons (Fsp3) is 0.167. The lowest BCUT2D eigenvalue weighted by Crippen LogP contribution is -2.34. The maximum Gasteiger partial charge on any atom is 0.261 e. The summed E-state index contributed by atoms with van der Waals surface area (Å²) in [6, 6.07) is 22.5. The van der Waals surface area contributed by atoms with Crippen LogP contribution in [0.4, 0.5) is 5.69 Å². The molecule has 0 radical (unpaired) electrons. The van der Waals surface area contributed by atoms with Crippen LogP contribution >= 0.6 is 12.2 Å². The molecule has 0 aliphatic rings. The van der Waals surface area contributed by atoms with E-state index >= 15 is 0 Å². The van der Waals surface area contributed by atoms with Crippen molar-refractivity contribution >= 4 is 28.9 Å². The van der Waals surface area contributed by atoms with Gasteiger partial charge >= 0.3 is 0 Å². The lowest BCUT2D eigenvalue weighted by Gasteiger charge is -2.14. The molecule has 2 N–H and O–H groups in total. The number of hydrogen-bond acceptors (Lipinski definition) is 4. The number of para-hydroxylation sites is 2. The van der Waals surface area contributed by atoms with Crippen LogP contribution in [0.5, 0.6) is 11.5 Å². The molecule has 3 aromatic carbocycles. The maximum absolute atomic E-state index is 12.7. The van der Waals surface area contributed by atoms with Crippen LogP contribution in [0.25, 0.3) is 0 Å². The van der Waals surface area contributed by atoms with Gasteiger partial charge in [0.1, 0.15) is 24.7 Å². The van der Waals surface area contributed by atoms with E-state index in [9.17, 15) is 4.79 Å². The summed E-state index contributed by atoms with van der Waals surface area (Å²) >= 11 is 5.30. The van der Waals surface area contributed by atoms with Crippen molar-refractivity contribution < 1.29 is 14.3 Å². The number of anilines is 1. The molecule has 3 rings (SSSR count). The number of nitrogens with one attached hydrogen (secondary N) is 2. The van der Waals surface area contributed by atoms with Crippen molar-refractivity contribution in [3.8, 4) is 11.5 Å². The van der Waals surface area contributed by atoms with Crippen molar-refractivity contribution in [1.82, 2.24) is 5.32 Å². The van der Waals surface area contributed by atoms with E-state index < -0.39 is 0 Å². The van der Waals surface area contributed by atoms with Gasteiger partial charge in [0, 0.05) is 5.69 Å². The van der Waals surface area contributed by atoms with Crippen LogP contribution < -0.4 is 20.1 Å². The standard InChI is InChI=1S/C24H24N2O3S/c1-17-12-13-21(18(2)16-17)25-24(30)26-23(27)20-10-6-7-11-22(20)29-15-14-28-19-8-4-3-5-9-19/h3-13,16H,14-15H2,1-2H3,(H2,25,26,27,30). The zero-order chi connectivity index (χ0) is 21.3. The summed E-state index contributed by atoms with van der Waals surface area (Å²) in [5.74, 6) is 0.910. The molecule has 0 atom stereocenters. The van der Waals surface area contributed by atoms with Crippen LogP contribution in [0.2, 0.25) is 0 Å². The summed E-state index contributed by atoms with van der Waals surface area (Å²) in [6.07, 6.45) is 0. The highest BCUT2D eigenvalue weighted by atomic mass is 32.1. The first-order valence-electron chi connectivity index (χ1n) is 9.62. The topological polar surface area (TPSA) is 59.6 Å². The largest absolute Gasteiger partial charge is 0.490 e. The van der Waals surface area contributed by atoms with E-state index in [1.165, 1.54) is 0 Å². The normalized spacial score (nSPS) is 10.2. The second kappa shape index (κ2) is 10.4. The average Bonchev–Trinajstić information content (AvgIpc) is 2.74. The zero-order valence-corrected chi connectivity index (χ0v) is 17.8. The fourth-order valence-electron chi connectivity index (χ4n) is 2.89. The zero-order valence-electron chi connectivity index (χ0n) is 17.0. The van der Waals surface area contributed by atoms with Gasteiger partial charge in [0.15, 0.2) is 5.11 Å². The van der Waals surface area contributed by atoms with Crippen molar-refractivity contribution in [3.63, 3.8) is 0 Å². The molecule has 0 fully saturated rings. The number of amides is 1. The van der Waals surface area contributed by atoms with Crippen molar-refractivity contribution in [1.29, 1.82) is 0 Å². The third-order valence-corrected chi connectivity index (χ3v) is 4.55. The highest BCUT2D eigenvalue weighted by molar-refractivity contribution is 7.80. The van der Waals surface area contributed by atoms with Gasteiger partial charge in [-0.05, 0) is 62.0 Å². The van der Waals surface area contributed by atoms with Gasteiger partial charge in [-0.2, -0.15) is 0 Å². The molecule has 0 aliphatic carbocycles. The van der Waals surface area contributed by atoms with Crippen LogP contribution in [-0.2, 0) is 0 Å². The minimum Gasteiger partial charge on any atom is -0.490 e. The molecule has 5 nitrogen and oxygen atoms in total. The molecule has 30 heavy (non-hydrogen) atoms. The van der Waals surface area contributed by atoms with Gasteiger partial charge in [-0.1, -0.05) is 48.0 Å². The van der Waals surface area contributed by atoms with Crippen LogP contribution in [0.15, 0.2) is 72.8 Å². The minimum absolute atomic E-state index is 0.231. The Labute approximate surface area is 182 Å². The van der Waals surface area contributed by atoms with Gasteiger partial charge < -0.3 is 14.8 Å². The summed E-state index contributed by atoms with van der Waals surface area (Å²) in [5, 5.41) is 6.01. The highest BCUT2D eigenvalue weighted by Gasteiger charge is 2.14. The Hall–Kier alpha value is -3.38. The second-order valence-electron chi connectivity index (χ2n) is 6.73. The molecule has 1 amide bonds. The van der Waals surface area contributed by atoms with E-state index in [4.69, 9.17) is 21.7 Å². The van der Waals surface area contributed by atoms with E-state index in [1.54, 1.807) is 18.2 Å². The number of hydrogen-bond donors (Lipinski definition) is 2. The maximum atomic E-state index is 12.7. The number of carbonyl (C=O) groups is 1. The van der Waals surface area contributed by atoms with Gasteiger partial charge in [-0.3, -0.25) is 10.1 Å². The Balaban J connectivity index is 1.56. The monoisotopic (exact) mass is 420 g/mol. The van der Waals surface area contributed by atoms with Crippen molar-refractivity contribution in [3.05, 3.63) is 89.5 Å². The predicted octanol–water partition coefficient (Wildman–Crippen LogP) is 4.89. The molecule has 0 bridgehead atoms. The Morgan fingerprint density at radius 3 is 2.37 bits per heavy atom. The smallest absolute Gasteiger partial charge is 0.261 e.